The molecule has 0 saturated heterocycles. The van der Waals surface area contributed by atoms with E-state index in [0.717, 1.165) is 0 Å². The van der Waals surface area contributed by atoms with Crippen LogP contribution in [-0.4, -0.2) is 63.4 Å². The predicted molar refractivity (Wildman–Crippen MR) is 119 cm³/mol. The first-order valence-electron chi connectivity index (χ1n) is 9.55. The van der Waals surface area contributed by atoms with Gasteiger partial charge in [0.15, 0.2) is 5.84 Å². The minimum atomic E-state index is -3.83. The van der Waals surface area contributed by atoms with Crippen LogP contribution in [0.3, 0.4) is 0 Å². The van der Waals surface area contributed by atoms with Crippen LogP contribution >= 0.6 is 0 Å². The summed E-state index contributed by atoms with van der Waals surface area (Å²) in [5.41, 5.74) is 1.28. The highest BCUT2D eigenvalue weighted by Gasteiger charge is 2.32. The number of fused-ring (bicyclic) bond motifs is 1. The van der Waals surface area contributed by atoms with Gasteiger partial charge in [0.1, 0.15) is 16.4 Å². The molecule has 0 atom stereocenters. The summed E-state index contributed by atoms with van der Waals surface area (Å²) in [7, 11) is -2.56. The van der Waals surface area contributed by atoms with E-state index in [4.69, 9.17) is 9.47 Å². The maximum atomic E-state index is 12.5. The highest BCUT2D eigenvalue weighted by atomic mass is 32.2. The Morgan fingerprint density at radius 2 is 1.90 bits per heavy atom. The summed E-state index contributed by atoms with van der Waals surface area (Å²) in [5, 5.41) is 24.9. The van der Waals surface area contributed by atoms with Gasteiger partial charge in [-0.25, -0.2) is 5.01 Å². The van der Waals surface area contributed by atoms with Gasteiger partial charge in [-0.3, -0.25) is 0 Å². The highest BCUT2D eigenvalue weighted by Crippen LogP contribution is 2.31. The number of methoxy groups -OCH3 is 2. The normalized spacial score (nSPS) is 14.5. The van der Waals surface area contributed by atoms with Crippen molar-refractivity contribution in [2.24, 2.45) is 15.4 Å². The van der Waals surface area contributed by atoms with Gasteiger partial charge in [-0.2, -0.15) is 13.5 Å². The Labute approximate surface area is 181 Å². The molecule has 2 aromatic carbocycles. The Kier molecular flexibility index (Phi) is 6.68. The number of sulfonamides is 1. The molecule has 0 spiro atoms. The summed E-state index contributed by atoms with van der Waals surface area (Å²) in [6.07, 6.45) is 1.53. The minimum Gasteiger partial charge on any atom is -0.497 e. The number of rotatable bonds is 7. The largest absolute Gasteiger partial charge is 0.497 e. The molecule has 2 N–H and O–H groups in total. The van der Waals surface area contributed by atoms with Crippen LogP contribution in [0.25, 0.3) is 0 Å². The zero-order valence-electron chi connectivity index (χ0n) is 17.7. The monoisotopic (exact) mass is 445 g/mol. The molecule has 0 amide bonds. The van der Waals surface area contributed by atoms with Crippen LogP contribution in [-0.2, 0) is 10.0 Å². The van der Waals surface area contributed by atoms with Crippen molar-refractivity contribution in [3.63, 3.8) is 0 Å². The standard InChI is InChI=1S/C20H24BN3O6S/c1-13(2)12-24(22-11-14-5-7-17(21(25)26)18(9-14)30-4)20-16-10-15(29-3)6-8-19(16)31(27,28)23-20/h5-11,13,25-26H,12H2,1-4H3/b22-11+. The summed E-state index contributed by atoms with van der Waals surface area (Å²) in [6, 6.07) is 9.46. The minimum absolute atomic E-state index is 0.107. The Hall–Kier alpha value is -2.89. The van der Waals surface area contributed by atoms with Crippen molar-refractivity contribution in [2.45, 2.75) is 18.7 Å². The highest BCUT2D eigenvalue weighted by molar-refractivity contribution is 7.90. The average molecular weight is 445 g/mol. The van der Waals surface area contributed by atoms with Gasteiger partial charge in [0.25, 0.3) is 10.0 Å². The van der Waals surface area contributed by atoms with Crippen LogP contribution in [0.2, 0.25) is 0 Å². The molecule has 11 heteroatoms. The van der Waals surface area contributed by atoms with E-state index in [1.165, 1.54) is 37.6 Å². The lowest BCUT2D eigenvalue weighted by atomic mass is 9.79. The van der Waals surface area contributed by atoms with Crippen molar-refractivity contribution in [2.75, 3.05) is 20.8 Å². The quantitative estimate of drug-likeness (QED) is 0.368. The second kappa shape index (κ2) is 9.09. The van der Waals surface area contributed by atoms with Crippen LogP contribution in [0.4, 0.5) is 0 Å². The molecule has 0 aliphatic carbocycles. The smallest absolute Gasteiger partial charge is 0.492 e. The first-order chi connectivity index (χ1) is 14.7. The molecule has 0 unspecified atom stereocenters. The summed E-state index contributed by atoms with van der Waals surface area (Å²) < 4.78 is 39.5. The number of hydrazone groups is 1. The third kappa shape index (κ3) is 4.89. The Morgan fingerprint density at radius 3 is 2.52 bits per heavy atom. The average Bonchev–Trinajstić information content (AvgIpc) is 3.00. The fourth-order valence-corrected chi connectivity index (χ4v) is 4.31. The summed E-state index contributed by atoms with van der Waals surface area (Å²) in [5.74, 6) is 1.19. The molecule has 164 valence electrons. The molecule has 0 radical (unpaired) electrons. The van der Waals surface area contributed by atoms with Gasteiger partial charge in [0.05, 0.1) is 20.4 Å². The molecule has 3 rings (SSSR count). The number of ether oxygens (including phenoxy) is 2. The van der Waals surface area contributed by atoms with E-state index < -0.39 is 17.1 Å². The zero-order chi connectivity index (χ0) is 22.8. The first kappa shape index (κ1) is 22.8. The molecule has 1 aliphatic heterocycles. The van der Waals surface area contributed by atoms with E-state index in [0.29, 0.717) is 29.2 Å². The Bertz CT molecular complexity index is 1130. The van der Waals surface area contributed by atoms with Crippen LogP contribution in [0, 0.1) is 5.92 Å². The van der Waals surface area contributed by atoms with Crippen molar-refractivity contribution >= 4 is 34.7 Å². The van der Waals surface area contributed by atoms with Crippen LogP contribution in [0.5, 0.6) is 11.5 Å². The Balaban J connectivity index is 2.01. The van der Waals surface area contributed by atoms with Gasteiger partial charge in [-0.15, -0.1) is 4.40 Å². The third-order valence-corrected chi connectivity index (χ3v) is 5.90. The van der Waals surface area contributed by atoms with Crippen LogP contribution in [0.1, 0.15) is 25.0 Å². The van der Waals surface area contributed by atoms with Gasteiger partial charge in [0.2, 0.25) is 0 Å². The van der Waals surface area contributed by atoms with Gasteiger partial charge >= 0.3 is 7.12 Å². The maximum absolute atomic E-state index is 12.5. The van der Waals surface area contributed by atoms with Crippen molar-refractivity contribution in [3.05, 3.63) is 47.5 Å². The van der Waals surface area contributed by atoms with Crippen molar-refractivity contribution in [1.29, 1.82) is 0 Å². The molecular weight excluding hydrogens is 421 g/mol. The van der Waals surface area contributed by atoms with Gasteiger partial charge in [-0.05, 0) is 35.7 Å². The third-order valence-electron chi connectivity index (χ3n) is 4.58. The van der Waals surface area contributed by atoms with E-state index in [2.05, 4.69) is 9.50 Å². The SMILES string of the molecule is COc1ccc2c(c1)C(N(CC(C)C)/N=C/c1ccc(B(O)O)c(OC)c1)=NS2(=O)=O. The first-order valence-corrected chi connectivity index (χ1v) is 11.0. The molecule has 0 fully saturated rings. The lowest BCUT2D eigenvalue weighted by Crippen LogP contribution is -2.31. The molecule has 0 aromatic heterocycles. The van der Waals surface area contributed by atoms with E-state index >= 15 is 0 Å². The molecule has 2 aromatic rings. The number of hydrogen-bond acceptors (Lipinski definition) is 8. The fourth-order valence-electron chi connectivity index (χ4n) is 3.13. The topological polar surface area (TPSA) is 121 Å². The maximum Gasteiger partial charge on any atom is 0.492 e. The van der Waals surface area contributed by atoms with Crippen molar-refractivity contribution in [1.82, 2.24) is 5.01 Å². The molecular formula is C20H24BN3O6S. The van der Waals surface area contributed by atoms with E-state index in [1.54, 1.807) is 24.3 Å². The zero-order valence-corrected chi connectivity index (χ0v) is 18.5. The summed E-state index contributed by atoms with van der Waals surface area (Å²) >= 11 is 0. The number of nitrogens with zero attached hydrogens (tertiary/aromatic N) is 3. The van der Waals surface area contributed by atoms with Crippen LogP contribution in [0.15, 0.2) is 50.8 Å². The van der Waals surface area contributed by atoms with E-state index in [9.17, 15) is 18.5 Å². The number of benzene rings is 2. The summed E-state index contributed by atoms with van der Waals surface area (Å²) in [6.45, 7) is 4.39. The fraction of sp³-hybridized carbons (Fsp3) is 0.300. The van der Waals surface area contributed by atoms with Crippen molar-refractivity contribution in [3.8, 4) is 11.5 Å². The summed E-state index contributed by atoms with van der Waals surface area (Å²) in [4.78, 5) is 0.107. The van der Waals surface area contributed by atoms with Crippen molar-refractivity contribution < 1.29 is 27.9 Å². The van der Waals surface area contributed by atoms with Gasteiger partial charge in [-0.1, -0.05) is 26.0 Å². The van der Waals surface area contributed by atoms with Gasteiger partial charge < -0.3 is 19.5 Å². The predicted octanol–water partition coefficient (Wildman–Crippen LogP) is 0.825. The molecule has 1 aliphatic rings. The second-order valence-electron chi connectivity index (χ2n) is 7.35. The van der Waals surface area contributed by atoms with E-state index in [-0.39, 0.29) is 22.1 Å². The molecule has 9 nitrogen and oxygen atoms in total. The molecule has 1 heterocycles. The number of amidine groups is 1. The molecule has 0 bridgehead atoms. The lowest BCUT2D eigenvalue weighted by Gasteiger charge is -2.21. The molecule has 31 heavy (non-hydrogen) atoms. The Morgan fingerprint density at radius 1 is 1.16 bits per heavy atom. The second-order valence-corrected chi connectivity index (χ2v) is 8.92. The lowest BCUT2D eigenvalue weighted by molar-refractivity contribution is 0.385. The van der Waals surface area contributed by atoms with Crippen LogP contribution < -0.4 is 14.9 Å². The van der Waals surface area contributed by atoms with E-state index in [1.807, 2.05) is 13.8 Å². The molecule has 0 saturated carbocycles. The number of hydrogen-bond donors (Lipinski definition) is 2. The van der Waals surface area contributed by atoms with Gasteiger partial charge in [0, 0.05) is 17.6 Å².